The molecule has 3 aromatic rings. The topological polar surface area (TPSA) is 58.1 Å². The summed E-state index contributed by atoms with van der Waals surface area (Å²) >= 11 is 0. The summed E-state index contributed by atoms with van der Waals surface area (Å²) in [6, 6.07) is 15.8. The fourth-order valence-corrected chi connectivity index (χ4v) is 3.14. The minimum absolute atomic E-state index is 0.234. The van der Waals surface area contributed by atoms with Gasteiger partial charge in [0.1, 0.15) is 5.69 Å². The van der Waals surface area contributed by atoms with Crippen molar-refractivity contribution in [3.63, 3.8) is 0 Å². The number of carbonyl (C=O) groups is 1. The molecule has 2 aromatic carbocycles. The molecule has 5 nitrogen and oxygen atoms in total. The summed E-state index contributed by atoms with van der Waals surface area (Å²) in [5, 5.41) is 2.99. The molecular weight excluding hydrogens is 336 g/mol. The van der Waals surface area contributed by atoms with E-state index < -0.39 is 0 Å². The second-order valence-corrected chi connectivity index (χ2v) is 6.81. The quantitative estimate of drug-likeness (QED) is 0.737. The first-order chi connectivity index (χ1) is 12.9. The van der Waals surface area contributed by atoms with Gasteiger partial charge in [-0.2, -0.15) is 0 Å². The van der Waals surface area contributed by atoms with Gasteiger partial charge in [-0.3, -0.25) is 4.79 Å². The van der Waals surface area contributed by atoms with E-state index in [-0.39, 0.29) is 5.91 Å². The number of anilines is 2. The Morgan fingerprint density at radius 1 is 1.04 bits per heavy atom. The van der Waals surface area contributed by atoms with Gasteiger partial charge in [-0.1, -0.05) is 48.0 Å². The lowest BCUT2D eigenvalue weighted by Crippen LogP contribution is -2.22. The van der Waals surface area contributed by atoms with Crippen LogP contribution < -0.4 is 10.2 Å². The number of nitrogens with one attached hydrogen (secondary N) is 1. The summed E-state index contributed by atoms with van der Waals surface area (Å²) in [6.07, 6.45) is 1.62. The third-order valence-corrected chi connectivity index (χ3v) is 4.40. The number of aromatic nitrogens is 2. The Morgan fingerprint density at radius 3 is 2.37 bits per heavy atom. The van der Waals surface area contributed by atoms with E-state index in [4.69, 9.17) is 0 Å². The molecule has 0 aliphatic rings. The molecule has 1 amide bonds. The highest BCUT2D eigenvalue weighted by Gasteiger charge is 2.14. The van der Waals surface area contributed by atoms with Crippen molar-refractivity contribution in [2.45, 2.75) is 27.3 Å². The van der Waals surface area contributed by atoms with E-state index in [1.807, 2.05) is 50.9 Å². The van der Waals surface area contributed by atoms with Crippen LogP contribution >= 0.6 is 0 Å². The first kappa shape index (κ1) is 18.6. The third kappa shape index (κ3) is 4.50. The second kappa shape index (κ2) is 7.99. The van der Waals surface area contributed by atoms with E-state index >= 15 is 0 Å². The SMILES string of the molecule is Cc1cc(C)c(NC(=O)c2ccnc(N(C)Cc3ccccc3)n2)c(C)c1. The first-order valence-electron chi connectivity index (χ1n) is 8.91. The summed E-state index contributed by atoms with van der Waals surface area (Å²) < 4.78 is 0. The number of hydrogen-bond acceptors (Lipinski definition) is 4. The van der Waals surface area contributed by atoms with E-state index in [1.165, 1.54) is 5.56 Å². The lowest BCUT2D eigenvalue weighted by atomic mass is 10.1. The molecule has 0 aliphatic heterocycles. The summed E-state index contributed by atoms with van der Waals surface area (Å²) in [5.41, 5.74) is 5.59. The van der Waals surface area contributed by atoms with Crippen molar-refractivity contribution in [2.24, 2.45) is 0 Å². The van der Waals surface area contributed by atoms with E-state index in [1.54, 1.807) is 12.3 Å². The second-order valence-electron chi connectivity index (χ2n) is 6.81. The van der Waals surface area contributed by atoms with Crippen LogP contribution in [0.15, 0.2) is 54.7 Å². The number of amides is 1. The van der Waals surface area contributed by atoms with Crippen LogP contribution in [0.1, 0.15) is 32.7 Å². The van der Waals surface area contributed by atoms with Crippen LogP contribution in [0.4, 0.5) is 11.6 Å². The van der Waals surface area contributed by atoms with Crippen LogP contribution in [0.3, 0.4) is 0 Å². The maximum atomic E-state index is 12.7. The zero-order valence-corrected chi connectivity index (χ0v) is 16.2. The number of carbonyl (C=O) groups excluding carboxylic acids is 1. The Balaban J connectivity index is 1.78. The maximum absolute atomic E-state index is 12.7. The van der Waals surface area contributed by atoms with Crippen molar-refractivity contribution in [1.29, 1.82) is 0 Å². The first-order valence-corrected chi connectivity index (χ1v) is 8.91. The predicted molar refractivity (Wildman–Crippen MR) is 109 cm³/mol. The van der Waals surface area contributed by atoms with Crippen molar-refractivity contribution in [2.75, 3.05) is 17.3 Å². The highest BCUT2D eigenvalue weighted by Crippen LogP contribution is 2.22. The van der Waals surface area contributed by atoms with Crippen molar-refractivity contribution in [3.05, 3.63) is 82.7 Å². The van der Waals surface area contributed by atoms with Crippen LogP contribution in [0.25, 0.3) is 0 Å². The Kier molecular flexibility index (Phi) is 5.50. The van der Waals surface area contributed by atoms with Crippen molar-refractivity contribution in [3.8, 4) is 0 Å². The zero-order chi connectivity index (χ0) is 19.4. The average molecular weight is 360 g/mol. The number of benzene rings is 2. The van der Waals surface area contributed by atoms with Gasteiger partial charge in [0.15, 0.2) is 0 Å². The highest BCUT2D eigenvalue weighted by atomic mass is 16.1. The smallest absolute Gasteiger partial charge is 0.274 e. The Hall–Kier alpha value is -3.21. The van der Waals surface area contributed by atoms with Gasteiger partial charge in [0.2, 0.25) is 5.95 Å². The minimum Gasteiger partial charge on any atom is -0.340 e. The molecule has 0 bridgehead atoms. The summed E-state index contributed by atoms with van der Waals surface area (Å²) in [5.74, 6) is 0.283. The fraction of sp³-hybridized carbons (Fsp3) is 0.227. The molecule has 0 radical (unpaired) electrons. The lowest BCUT2D eigenvalue weighted by molar-refractivity contribution is 0.102. The highest BCUT2D eigenvalue weighted by molar-refractivity contribution is 6.03. The van der Waals surface area contributed by atoms with E-state index in [2.05, 4.69) is 39.6 Å². The molecule has 5 heteroatoms. The van der Waals surface area contributed by atoms with Crippen molar-refractivity contribution >= 4 is 17.5 Å². The molecule has 0 aliphatic carbocycles. The number of nitrogens with zero attached hydrogens (tertiary/aromatic N) is 3. The van der Waals surface area contributed by atoms with Crippen LogP contribution in [0.2, 0.25) is 0 Å². The molecule has 1 N–H and O–H groups in total. The fourth-order valence-electron chi connectivity index (χ4n) is 3.14. The van der Waals surface area contributed by atoms with Gasteiger partial charge in [-0.05, 0) is 43.5 Å². The van der Waals surface area contributed by atoms with Gasteiger partial charge >= 0.3 is 0 Å². The third-order valence-electron chi connectivity index (χ3n) is 4.40. The molecule has 1 heterocycles. The summed E-state index contributed by atoms with van der Waals surface area (Å²) in [6.45, 7) is 6.70. The van der Waals surface area contributed by atoms with Crippen LogP contribution in [0, 0.1) is 20.8 Å². The van der Waals surface area contributed by atoms with Gasteiger partial charge in [-0.25, -0.2) is 9.97 Å². The molecule has 0 saturated heterocycles. The predicted octanol–water partition coefficient (Wildman–Crippen LogP) is 4.29. The monoisotopic (exact) mass is 360 g/mol. The molecule has 138 valence electrons. The average Bonchev–Trinajstić information content (AvgIpc) is 2.65. The normalized spacial score (nSPS) is 10.5. The molecule has 0 saturated carbocycles. The van der Waals surface area contributed by atoms with Gasteiger partial charge in [-0.15, -0.1) is 0 Å². The molecule has 3 rings (SSSR count). The molecule has 0 atom stereocenters. The molecule has 0 unspecified atom stereocenters. The molecule has 27 heavy (non-hydrogen) atoms. The van der Waals surface area contributed by atoms with E-state index in [0.717, 1.165) is 22.4 Å². The number of rotatable bonds is 5. The minimum atomic E-state index is -0.234. The van der Waals surface area contributed by atoms with Crippen LogP contribution in [0.5, 0.6) is 0 Å². The number of hydrogen-bond donors (Lipinski definition) is 1. The van der Waals surface area contributed by atoms with Crippen molar-refractivity contribution in [1.82, 2.24) is 9.97 Å². The van der Waals surface area contributed by atoms with Gasteiger partial charge in [0, 0.05) is 25.5 Å². The van der Waals surface area contributed by atoms with E-state index in [9.17, 15) is 4.79 Å². The zero-order valence-electron chi connectivity index (χ0n) is 16.2. The maximum Gasteiger partial charge on any atom is 0.274 e. The summed E-state index contributed by atoms with van der Waals surface area (Å²) in [7, 11) is 1.91. The molecule has 0 fully saturated rings. The molecule has 1 aromatic heterocycles. The Labute approximate surface area is 160 Å². The van der Waals surface area contributed by atoms with E-state index in [0.29, 0.717) is 18.2 Å². The van der Waals surface area contributed by atoms with Gasteiger partial charge in [0.25, 0.3) is 5.91 Å². The molecular formula is C22H24N4O. The molecule has 0 spiro atoms. The Bertz CT molecular complexity index is 931. The largest absolute Gasteiger partial charge is 0.340 e. The van der Waals surface area contributed by atoms with Crippen molar-refractivity contribution < 1.29 is 4.79 Å². The number of aryl methyl sites for hydroxylation is 3. The standard InChI is InChI=1S/C22H24N4O/c1-15-12-16(2)20(17(3)13-15)25-21(27)19-10-11-23-22(24-19)26(4)14-18-8-6-5-7-9-18/h5-13H,14H2,1-4H3,(H,25,27). The lowest BCUT2D eigenvalue weighted by Gasteiger charge is -2.18. The summed E-state index contributed by atoms with van der Waals surface area (Å²) in [4.78, 5) is 23.4. The van der Waals surface area contributed by atoms with Gasteiger partial charge < -0.3 is 10.2 Å². The van der Waals surface area contributed by atoms with Crippen LogP contribution in [-0.4, -0.2) is 22.9 Å². The van der Waals surface area contributed by atoms with Crippen LogP contribution in [-0.2, 0) is 6.54 Å². The van der Waals surface area contributed by atoms with Gasteiger partial charge in [0.05, 0.1) is 0 Å². The Morgan fingerprint density at radius 2 is 1.70 bits per heavy atom.